The van der Waals surface area contributed by atoms with Crippen molar-refractivity contribution in [3.05, 3.63) is 82.5 Å². The van der Waals surface area contributed by atoms with E-state index in [1.807, 2.05) is 44.2 Å². The molecule has 4 rings (SSSR count). The second-order valence-electron chi connectivity index (χ2n) is 7.38. The van der Waals surface area contributed by atoms with Gasteiger partial charge in [-0.3, -0.25) is 14.5 Å². The quantitative estimate of drug-likeness (QED) is 0.640. The van der Waals surface area contributed by atoms with Crippen LogP contribution in [0.25, 0.3) is 0 Å². The lowest BCUT2D eigenvalue weighted by Gasteiger charge is -2.21. The first-order valence-corrected chi connectivity index (χ1v) is 10.2. The van der Waals surface area contributed by atoms with Crippen LogP contribution in [-0.2, 0) is 9.59 Å². The Kier molecular flexibility index (Phi) is 5.82. The van der Waals surface area contributed by atoms with Gasteiger partial charge in [-0.25, -0.2) is 9.98 Å². The number of nitrogens with zero attached hydrogens (tertiary/aromatic N) is 3. The largest absolute Gasteiger partial charge is 0.324 e. The van der Waals surface area contributed by atoms with E-state index in [1.165, 1.54) is 4.90 Å². The average molecular weight is 433 g/mol. The molecule has 0 radical (unpaired) electrons. The molecule has 2 heterocycles. The lowest BCUT2D eigenvalue weighted by atomic mass is 10.1. The van der Waals surface area contributed by atoms with Gasteiger partial charge in [-0.05, 0) is 54.8 Å². The number of carbonyl (C=O) groups is 2. The monoisotopic (exact) mass is 432 g/mol. The molecule has 1 aliphatic rings. The van der Waals surface area contributed by atoms with Crippen LogP contribution in [0.5, 0.6) is 0 Å². The average Bonchev–Trinajstić information content (AvgIpc) is 2.88. The Balaban J connectivity index is 1.62. The third kappa shape index (κ3) is 4.49. The summed E-state index contributed by atoms with van der Waals surface area (Å²) in [6.07, 6.45) is 1.64. The topological polar surface area (TPSA) is 74.7 Å². The zero-order valence-electron chi connectivity index (χ0n) is 17.2. The van der Waals surface area contributed by atoms with Crippen molar-refractivity contribution in [2.75, 3.05) is 16.8 Å². The summed E-state index contributed by atoms with van der Waals surface area (Å²) in [7, 11) is 0. The molecule has 0 spiro atoms. The molecule has 0 unspecified atom stereocenters. The van der Waals surface area contributed by atoms with Crippen LogP contribution in [0, 0.1) is 13.8 Å². The Morgan fingerprint density at radius 3 is 2.48 bits per heavy atom. The lowest BCUT2D eigenvalue weighted by Crippen LogP contribution is -2.39. The van der Waals surface area contributed by atoms with E-state index in [9.17, 15) is 9.59 Å². The van der Waals surface area contributed by atoms with Gasteiger partial charge >= 0.3 is 0 Å². The van der Waals surface area contributed by atoms with Gasteiger partial charge in [0.05, 0.1) is 12.1 Å². The molecule has 0 saturated carbocycles. The van der Waals surface area contributed by atoms with Crippen LogP contribution in [0.4, 0.5) is 17.2 Å². The van der Waals surface area contributed by atoms with Crippen LogP contribution in [0.15, 0.2) is 65.8 Å². The minimum absolute atomic E-state index is 0.0503. The van der Waals surface area contributed by atoms with Crippen molar-refractivity contribution in [3.8, 4) is 0 Å². The molecule has 1 aromatic heterocycles. The molecular weight excluding hydrogens is 412 g/mol. The summed E-state index contributed by atoms with van der Waals surface area (Å²) in [6, 6.07) is 16.5. The number of amides is 2. The van der Waals surface area contributed by atoms with E-state index in [2.05, 4.69) is 15.3 Å². The van der Waals surface area contributed by atoms with Gasteiger partial charge in [-0.2, -0.15) is 0 Å². The first kappa shape index (κ1) is 20.8. The molecule has 7 heteroatoms. The highest BCUT2D eigenvalue weighted by atomic mass is 35.5. The van der Waals surface area contributed by atoms with Crippen molar-refractivity contribution < 1.29 is 9.59 Å². The van der Waals surface area contributed by atoms with Crippen molar-refractivity contribution in [1.82, 2.24) is 4.98 Å². The Bertz CT molecular complexity index is 1170. The predicted molar refractivity (Wildman–Crippen MR) is 123 cm³/mol. The second kappa shape index (κ2) is 8.70. The highest BCUT2D eigenvalue weighted by Crippen LogP contribution is 2.31. The number of pyridine rings is 1. The molecule has 3 aromatic rings. The second-order valence-corrected chi connectivity index (χ2v) is 7.82. The first-order valence-electron chi connectivity index (χ1n) is 9.87. The normalized spacial score (nSPS) is 13.3. The van der Waals surface area contributed by atoms with Gasteiger partial charge in [-0.15, -0.1) is 0 Å². The van der Waals surface area contributed by atoms with Gasteiger partial charge in [0.15, 0.2) is 5.82 Å². The number of nitrogens with one attached hydrogen (secondary N) is 1. The molecule has 2 aromatic carbocycles. The molecule has 0 bridgehead atoms. The van der Waals surface area contributed by atoms with E-state index in [1.54, 1.807) is 30.5 Å². The number of para-hydroxylation sites is 1. The van der Waals surface area contributed by atoms with E-state index in [-0.39, 0.29) is 24.8 Å². The number of carbonyl (C=O) groups excluding carboxylic acids is 2. The summed E-state index contributed by atoms with van der Waals surface area (Å²) >= 11 is 5.99. The summed E-state index contributed by atoms with van der Waals surface area (Å²) in [5, 5.41) is 3.54. The van der Waals surface area contributed by atoms with Crippen LogP contribution in [-0.4, -0.2) is 29.1 Å². The van der Waals surface area contributed by atoms with E-state index >= 15 is 0 Å². The molecule has 0 aliphatic carbocycles. The van der Waals surface area contributed by atoms with Crippen LogP contribution < -0.4 is 10.2 Å². The first-order chi connectivity index (χ1) is 14.9. The highest BCUT2D eigenvalue weighted by Gasteiger charge is 2.28. The number of aliphatic imine (C=N–C) groups is 1. The molecule has 0 saturated heterocycles. The van der Waals surface area contributed by atoms with Gasteiger partial charge in [-0.1, -0.05) is 41.9 Å². The molecule has 1 N–H and O–H groups in total. The van der Waals surface area contributed by atoms with Crippen molar-refractivity contribution >= 4 is 46.3 Å². The van der Waals surface area contributed by atoms with Crippen molar-refractivity contribution in [3.63, 3.8) is 0 Å². The maximum Gasteiger partial charge on any atom is 0.244 e. The van der Waals surface area contributed by atoms with E-state index in [0.29, 0.717) is 22.2 Å². The molecular formula is C24H21ClN4O2. The standard InChI is InChI=1S/C24H21ClN4O2/c1-15-5-3-6-16(2)23(15)28-21(30)14-29-22(31)13-20(17-8-10-18(25)11-9-17)27-19-7-4-12-26-24(19)29/h3-12H,13-14H2,1-2H3,(H,28,30). The van der Waals surface area contributed by atoms with Crippen molar-refractivity contribution in [2.24, 2.45) is 4.99 Å². The summed E-state index contributed by atoms with van der Waals surface area (Å²) in [5.74, 6) is -0.173. The number of rotatable bonds is 4. The summed E-state index contributed by atoms with van der Waals surface area (Å²) in [6.45, 7) is 3.71. The maximum atomic E-state index is 13.1. The Morgan fingerprint density at radius 2 is 1.77 bits per heavy atom. The number of hydrogen-bond acceptors (Lipinski definition) is 4. The minimum atomic E-state index is -0.294. The van der Waals surface area contributed by atoms with Crippen LogP contribution >= 0.6 is 11.6 Å². The Labute approximate surface area is 185 Å². The molecule has 156 valence electrons. The van der Waals surface area contributed by atoms with Gasteiger partial charge < -0.3 is 5.32 Å². The summed E-state index contributed by atoms with van der Waals surface area (Å²) in [5.41, 5.74) is 4.63. The van der Waals surface area contributed by atoms with E-state index < -0.39 is 0 Å². The number of benzene rings is 2. The van der Waals surface area contributed by atoms with E-state index in [4.69, 9.17) is 11.6 Å². The lowest BCUT2D eigenvalue weighted by molar-refractivity contribution is -0.120. The fraction of sp³-hybridized carbons (Fsp3) is 0.167. The maximum absolute atomic E-state index is 13.1. The Morgan fingerprint density at radius 1 is 1.06 bits per heavy atom. The minimum Gasteiger partial charge on any atom is -0.324 e. The number of aryl methyl sites for hydroxylation is 2. The number of aromatic nitrogens is 1. The predicted octanol–water partition coefficient (Wildman–Crippen LogP) is 4.85. The third-order valence-electron chi connectivity index (χ3n) is 5.12. The van der Waals surface area contributed by atoms with Crippen LogP contribution in [0.3, 0.4) is 0 Å². The molecule has 0 fully saturated rings. The van der Waals surface area contributed by atoms with Crippen LogP contribution in [0.1, 0.15) is 23.1 Å². The fourth-order valence-corrected chi connectivity index (χ4v) is 3.66. The molecule has 31 heavy (non-hydrogen) atoms. The van der Waals surface area contributed by atoms with E-state index in [0.717, 1.165) is 22.4 Å². The zero-order chi connectivity index (χ0) is 22.0. The van der Waals surface area contributed by atoms with Gasteiger partial charge in [0.25, 0.3) is 0 Å². The van der Waals surface area contributed by atoms with Gasteiger partial charge in [0.2, 0.25) is 11.8 Å². The number of fused-ring (bicyclic) bond motifs is 1. The van der Waals surface area contributed by atoms with Gasteiger partial charge in [0, 0.05) is 16.9 Å². The zero-order valence-corrected chi connectivity index (χ0v) is 18.0. The molecule has 1 aliphatic heterocycles. The number of halogens is 1. The number of anilines is 2. The highest BCUT2D eigenvalue weighted by molar-refractivity contribution is 6.30. The smallest absolute Gasteiger partial charge is 0.244 e. The molecule has 0 atom stereocenters. The Hall–Kier alpha value is -3.51. The van der Waals surface area contributed by atoms with Crippen molar-refractivity contribution in [2.45, 2.75) is 20.3 Å². The summed E-state index contributed by atoms with van der Waals surface area (Å²) < 4.78 is 0. The van der Waals surface area contributed by atoms with Crippen LogP contribution in [0.2, 0.25) is 5.02 Å². The fourth-order valence-electron chi connectivity index (χ4n) is 3.53. The van der Waals surface area contributed by atoms with Crippen molar-refractivity contribution in [1.29, 1.82) is 0 Å². The summed E-state index contributed by atoms with van der Waals surface area (Å²) in [4.78, 5) is 36.4. The third-order valence-corrected chi connectivity index (χ3v) is 5.37. The molecule has 2 amide bonds. The number of hydrogen-bond donors (Lipinski definition) is 1. The molecule has 6 nitrogen and oxygen atoms in total. The van der Waals surface area contributed by atoms with Gasteiger partial charge in [0.1, 0.15) is 12.2 Å². The SMILES string of the molecule is Cc1cccc(C)c1NC(=O)CN1C(=O)CC(c2ccc(Cl)cc2)=Nc2cccnc21.